The summed E-state index contributed by atoms with van der Waals surface area (Å²) in [6.45, 7) is 4.33. The highest BCUT2D eigenvalue weighted by atomic mass is 16.3. The quantitative estimate of drug-likeness (QED) is 0.768. The standard InChI is InChI=1S/C15H22N2O2/c1-3-4-5-6-7-8-9-17-11-14(18)12(2)13(10-16)15(17)19/h11,18H,3-9H2,1-2H3. The first-order chi connectivity index (χ1) is 9.11. The normalized spacial score (nSPS) is 10.4. The number of pyridine rings is 1. The summed E-state index contributed by atoms with van der Waals surface area (Å²) in [6, 6.07) is 1.87. The van der Waals surface area contributed by atoms with Gasteiger partial charge in [0, 0.05) is 18.3 Å². The van der Waals surface area contributed by atoms with Crippen LogP contribution in [0.1, 0.15) is 56.6 Å². The van der Waals surface area contributed by atoms with E-state index in [-0.39, 0.29) is 16.9 Å². The molecule has 104 valence electrons. The number of aryl methyl sites for hydroxylation is 1. The van der Waals surface area contributed by atoms with Gasteiger partial charge in [0.2, 0.25) is 0 Å². The van der Waals surface area contributed by atoms with Gasteiger partial charge >= 0.3 is 0 Å². The van der Waals surface area contributed by atoms with Crippen LogP contribution in [0.2, 0.25) is 0 Å². The lowest BCUT2D eigenvalue weighted by Crippen LogP contribution is -2.23. The lowest BCUT2D eigenvalue weighted by molar-refractivity contribution is 0.455. The summed E-state index contributed by atoms with van der Waals surface area (Å²) in [5.74, 6) is 0.0159. The fourth-order valence-corrected chi connectivity index (χ4v) is 2.10. The van der Waals surface area contributed by atoms with Gasteiger partial charge < -0.3 is 9.67 Å². The Morgan fingerprint density at radius 3 is 2.53 bits per heavy atom. The summed E-state index contributed by atoms with van der Waals surface area (Å²) in [6.07, 6.45) is 8.28. The highest BCUT2D eigenvalue weighted by Gasteiger charge is 2.11. The van der Waals surface area contributed by atoms with Crippen molar-refractivity contribution in [2.75, 3.05) is 0 Å². The topological polar surface area (TPSA) is 66.0 Å². The number of hydrogen-bond donors (Lipinski definition) is 1. The lowest BCUT2D eigenvalue weighted by atomic mass is 10.1. The van der Waals surface area contributed by atoms with Crippen molar-refractivity contribution in [3.8, 4) is 11.8 Å². The highest BCUT2D eigenvalue weighted by molar-refractivity contribution is 5.42. The Hall–Kier alpha value is -1.76. The van der Waals surface area contributed by atoms with Gasteiger partial charge in [-0.2, -0.15) is 5.26 Å². The molecule has 0 fully saturated rings. The number of rotatable bonds is 7. The minimum absolute atomic E-state index is 0.0159. The Morgan fingerprint density at radius 2 is 1.89 bits per heavy atom. The first-order valence-electron chi connectivity index (χ1n) is 6.95. The molecular weight excluding hydrogens is 240 g/mol. The number of aromatic hydroxyl groups is 1. The Balaban J connectivity index is 2.63. The summed E-state index contributed by atoms with van der Waals surface area (Å²) in [4.78, 5) is 12.0. The van der Waals surface area contributed by atoms with Crippen LogP contribution >= 0.6 is 0 Å². The van der Waals surface area contributed by atoms with E-state index in [1.807, 2.05) is 6.07 Å². The molecule has 0 aliphatic carbocycles. The summed E-state index contributed by atoms with van der Waals surface area (Å²) in [5.41, 5.74) is 0.115. The van der Waals surface area contributed by atoms with Crippen LogP contribution in [0.4, 0.5) is 0 Å². The van der Waals surface area contributed by atoms with Gasteiger partial charge in [0.1, 0.15) is 17.4 Å². The molecule has 0 bridgehead atoms. The highest BCUT2D eigenvalue weighted by Crippen LogP contribution is 2.16. The number of nitriles is 1. The van der Waals surface area contributed by atoms with Crippen molar-refractivity contribution >= 4 is 0 Å². The zero-order valence-electron chi connectivity index (χ0n) is 11.8. The molecule has 0 saturated heterocycles. The number of aromatic nitrogens is 1. The fourth-order valence-electron chi connectivity index (χ4n) is 2.10. The zero-order valence-corrected chi connectivity index (χ0v) is 11.8. The van der Waals surface area contributed by atoms with Crippen LogP contribution in [0.5, 0.6) is 5.75 Å². The van der Waals surface area contributed by atoms with Crippen molar-refractivity contribution in [2.24, 2.45) is 0 Å². The van der Waals surface area contributed by atoms with Gasteiger partial charge in [-0.15, -0.1) is 0 Å². The van der Waals surface area contributed by atoms with Crippen LogP contribution in [-0.4, -0.2) is 9.67 Å². The van der Waals surface area contributed by atoms with Crippen LogP contribution < -0.4 is 5.56 Å². The minimum Gasteiger partial charge on any atom is -0.506 e. The first-order valence-corrected chi connectivity index (χ1v) is 6.95. The average molecular weight is 262 g/mol. The maximum atomic E-state index is 12.0. The smallest absolute Gasteiger partial charge is 0.268 e. The van der Waals surface area contributed by atoms with E-state index in [0.29, 0.717) is 12.1 Å². The molecule has 4 heteroatoms. The van der Waals surface area contributed by atoms with E-state index in [1.54, 1.807) is 6.92 Å². The average Bonchev–Trinajstić information content (AvgIpc) is 2.40. The number of hydrogen-bond acceptors (Lipinski definition) is 3. The monoisotopic (exact) mass is 262 g/mol. The molecule has 1 N–H and O–H groups in total. The summed E-state index contributed by atoms with van der Waals surface area (Å²) in [5, 5.41) is 18.6. The second kappa shape index (κ2) is 7.63. The molecule has 1 aromatic rings. The van der Waals surface area contributed by atoms with Crippen LogP contribution in [0.15, 0.2) is 11.0 Å². The Labute approximate surface area is 114 Å². The third kappa shape index (κ3) is 4.13. The molecule has 1 heterocycles. The van der Waals surface area contributed by atoms with E-state index >= 15 is 0 Å². The Bertz CT molecular complexity index is 512. The van der Waals surface area contributed by atoms with Crippen LogP contribution in [0, 0.1) is 18.3 Å². The van der Waals surface area contributed by atoms with Crippen molar-refractivity contribution in [3.05, 3.63) is 27.7 Å². The molecule has 0 aliphatic heterocycles. The van der Waals surface area contributed by atoms with Gasteiger partial charge in [-0.1, -0.05) is 39.0 Å². The van der Waals surface area contributed by atoms with E-state index in [1.165, 1.54) is 36.4 Å². The zero-order chi connectivity index (χ0) is 14.3. The summed E-state index contributed by atoms with van der Waals surface area (Å²) in [7, 11) is 0. The minimum atomic E-state index is -0.300. The largest absolute Gasteiger partial charge is 0.506 e. The van der Waals surface area contributed by atoms with E-state index in [4.69, 9.17) is 5.26 Å². The van der Waals surface area contributed by atoms with Crippen LogP contribution in [0.25, 0.3) is 0 Å². The van der Waals surface area contributed by atoms with Crippen molar-refractivity contribution in [3.63, 3.8) is 0 Å². The summed E-state index contributed by atoms with van der Waals surface area (Å²) < 4.78 is 1.45. The van der Waals surface area contributed by atoms with E-state index in [0.717, 1.165) is 12.8 Å². The summed E-state index contributed by atoms with van der Waals surface area (Å²) >= 11 is 0. The maximum Gasteiger partial charge on any atom is 0.268 e. The molecule has 1 aromatic heterocycles. The molecule has 0 atom stereocenters. The van der Waals surface area contributed by atoms with E-state index < -0.39 is 0 Å². The molecule has 0 amide bonds. The molecule has 0 radical (unpaired) electrons. The second-order valence-corrected chi connectivity index (χ2v) is 4.89. The van der Waals surface area contributed by atoms with Gasteiger partial charge in [-0.3, -0.25) is 4.79 Å². The van der Waals surface area contributed by atoms with Crippen LogP contribution in [-0.2, 0) is 6.54 Å². The van der Waals surface area contributed by atoms with Crippen molar-refractivity contribution in [1.29, 1.82) is 5.26 Å². The van der Waals surface area contributed by atoms with Crippen LogP contribution in [0.3, 0.4) is 0 Å². The molecule has 0 spiro atoms. The first kappa shape index (κ1) is 15.3. The number of nitrogens with zero attached hydrogens (tertiary/aromatic N) is 2. The molecule has 4 nitrogen and oxygen atoms in total. The Kier molecular flexibility index (Phi) is 6.14. The third-order valence-electron chi connectivity index (χ3n) is 3.38. The van der Waals surface area contributed by atoms with Gasteiger partial charge in [0.05, 0.1) is 0 Å². The SMILES string of the molecule is CCCCCCCCn1cc(O)c(C)c(C#N)c1=O. The van der Waals surface area contributed by atoms with Gasteiger partial charge in [-0.05, 0) is 13.3 Å². The van der Waals surface area contributed by atoms with E-state index in [2.05, 4.69) is 6.92 Å². The molecular formula is C15H22N2O2. The molecule has 0 aliphatic rings. The molecule has 19 heavy (non-hydrogen) atoms. The van der Waals surface area contributed by atoms with E-state index in [9.17, 15) is 9.90 Å². The van der Waals surface area contributed by atoms with Gasteiger partial charge in [0.15, 0.2) is 0 Å². The van der Waals surface area contributed by atoms with Crippen molar-refractivity contribution < 1.29 is 5.11 Å². The molecule has 0 aromatic carbocycles. The van der Waals surface area contributed by atoms with Gasteiger partial charge in [0.25, 0.3) is 5.56 Å². The second-order valence-electron chi connectivity index (χ2n) is 4.89. The van der Waals surface area contributed by atoms with Gasteiger partial charge in [-0.25, -0.2) is 0 Å². The molecule has 0 unspecified atom stereocenters. The molecule has 0 saturated carbocycles. The maximum absolute atomic E-state index is 12.0. The third-order valence-corrected chi connectivity index (χ3v) is 3.38. The molecule has 1 rings (SSSR count). The van der Waals surface area contributed by atoms with Crippen molar-refractivity contribution in [1.82, 2.24) is 4.57 Å². The Morgan fingerprint density at radius 1 is 1.26 bits per heavy atom. The lowest BCUT2D eigenvalue weighted by Gasteiger charge is -2.09. The fraction of sp³-hybridized carbons (Fsp3) is 0.600. The number of unbranched alkanes of at least 4 members (excludes halogenated alkanes) is 5. The predicted octanol–water partition coefficient (Wildman–Crippen LogP) is 3.09. The van der Waals surface area contributed by atoms with Crippen molar-refractivity contribution in [2.45, 2.75) is 58.9 Å². The predicted molar refractivity (Wildman–Crippen MR) is 75.2 cm³/mol.